The Bertz CT molecular complexity index is 1430. The second-order valence-electron chi connectivity index (χ2n) is 9.14. The van der Waals surface area contributed by atoms with Gasteiger partial charge in [0.15, 0.2) is 0 Å². The van der Waals surface area contributed by atoms with Crippen LogP contribution in [-0.4, -0.2) is 20.4 Å². The van der Waals surface area contributed by atoms with E-state index in [1.807, 2.05) is 52.0 Å². The van der Waals surface area contributed by atoms with Crippen LogP contribution in [0.3, 0.4) is 0 Å². The van der Waals surface area contributed by atoms with E-state index in [2.05, 4.69) is 49.6 Å². The van der Waals surface area contributed by atoms with Crippen LogP contribution in [-0.2, 0) is 7.05 Å². The van der Waals surface area contributed by atoms with E-state index in [0.29, 0.717) is 5.69 Å². The molecule has 33 heavy (non-hydrogen) atoms. The standard InChI is InChI=1S/C28H32N4O/c1-14-15(2)20(7)26-24(18(14)5)31-27(32(26)9)22-10-12-23(13-11-22)30-28(33)25-19(6)16(3)17(4)21(8)29-25/h10-13H,1-9H3,(H,30,33). The Kier molecular flexibility index (Phi) is 5.61. The van der Waals surface area contributed by atoms with E-state index in [1.54, 1.807) is 0 Å². The Morgan fingerprint density at radius 3 is 1.94 bits per heavy atom. The van der Waals surface area contributed by atoms with Crippen LogP contribution in [0.2, 0.25) is 0 Å². The number of nitrogens with zero attached hydrogens (tertiary/aromatic N) is 3. The fourth-order valence-corrected chi connectivity index (χ4v) is 4.54. The molecule has 2 aromatic carbocycles. The van der Waals surface area contributed by atoms with Gasteiger partial charge in [0.2, 0.25) is 0 Å². The molecule has 0 radical (unpaired) electrons. The summed E-state index contributed by atoms with van der Waals surface area (Å²) in [6, 6.07) is 7.86. The highest BCUT2D eigenvalue weighted by Crippen LogP contribution is 2.32. The van der Waals surface area contributed by atoms with Gasteiger partial charge in [0, 0.05) is 24.0 Å². The zero-order valence-electron chi connectivity index (χ0n) is 21.1. The summed E-state index contributed by atoms with van der Waals surface area (Å²) < 4.78 is 2.17. The van der Waals surface area contributed by atoms with Gasteiger partial charge < -0.3 is 9.88 Å². The maximum Gasteiger partial charge on any atom is 0.274 e. The molecule has 4 rings (SSSR count). The smallest absolute Gasteiger partial charge is 0.274 e. The lowest BCUT2D eigenvalue weighted by molar-refractivity contribution is 0.102. The van der Waals surface area contributed by atoms with Crippen molar-refractivity contribution in [2.75, 3.05) is 5.32 Å². The first-order valence-electron chi connectivity index (χ1n) is 11.3. The largest absolute Gasteiger partial charge is 0.327 e. The summed E-state index contributed by atoms with van der Waals surface area (Å²) in [5.41, 5.74) is 13.6. The third-order valence-electron chi connectivity index (χ3n) is 7.41. The molecular weight excluding hydrogens is 408 g/mol. The summed E-state index contributed by atoms with van der Waals surface area (Å²) in [5, 5.41) is 3.00. The Balaban J connectivity index is 1.67. The third-order valence-corrected chi connectivity index (χ3v) is 7.41. The zero-order chi connectivity index (χ0) is 24.2. The minimum Gasteiger partial charge on any atom is -0.327 e. The summed E-state index contributed by atoms with van der Waals surface area (Å²) in [6.07, 6.45) is 0. The molecule has 0 saturated carbocycles. The molecule has 2 heterocycles. The van der Waals surface area contributed by atoms with Crippen LogP contribution in [0.1, 0.15) is 55.1 Å². The minimum atomic E-state index is -0.189. The molecule has 0 spiro atoms. The van der Waals surface area contributed by atoms with E-state index < -0.39 is 0 Å². The summed E-state index contributed by atoms with van der Waals surface area (Å²) in [7, 11) is 2.07. The number of rotatable bonds is 3. The van der Waals surface area contributed by atoms with Gasteiger partial charge in [-0.15, -0.1) is 0 Å². The molecule has 0 fully saturated rings. The van der Waals surface area contributed by atoms with Crippen LogP contribution >= 0.6 is 0 Å². The quantitative estimate of drug-likeness (QED) is 0.403. The topological polar surface area (TPSA) is 59.8 Å². The highest BCUT2D eigenvalue weighted by molar-refractivity contribution is 6.04. The molecule has 0 atom stereocenters. The highest BCUT2D eigenvalue weighted by Gasteiger charge is 2.18. The molecule has 170 valence electrons. The van der Waals surface area contributed by atoms with E-state index in [9.17, 15) is 4.79 Å². The Morgan fingerprint density at radius 1 is 0.727 bits per heavy atom. The Morgan fingerprint density at radius 2 is 1.30 bits per heavy atom. The number of amides is 1. The molecule has 0 aliphatic carbocycles. The predicted octanol–water partition coefficient (Wildman–Crippen LogP) is 6.35. The number of imidazole rings is 1. The first-order chi connectivity index (χ1) is 15.5. The number of benzene rings is 2. The zero-order valence-corrected chi connectivity index (χ0v) is 21.1. The number of hydrogen-bond acceptors (Lipinski definition) is 3. The first kappa shape index (κ1) is 22.7. The highest BCUT2D eigenvalue weighted by atomic mass is 16.1. The molecule has 1 N–H and O–H groups in total. The van der Waals surface area contributed by atoms with Gasteiger partial charge in [-0.05, 0) is 119 Å². The molecular formula is C28H32N4O. The number of anilines is 1. The second-order valence-corrected chi connectivity index (χ2v) is 9.14. The third kappa shape index (κ3) is 3.62. The van der Waals surface area contributed by atoms with Gasteiger partial charge in [-0.1, -0.05) is 0 Å². The number of carbonyl (C=O) groups excluding carboxylic acids is 1. The molecule has 2 aromatic heterocycles. The van der Waals surface area contributed by atoms with E-state index >= 15 is 0 Å². The van der Waals surface area contributed by atoms with Crippen LogP contribution in [0, 0.1) is 55.4 Å². The van der Waals surface area contributed by atoms with Crippen LogP contribution in [0.4, 0.5) is 5.69 Å². The van der Waals surface area contributed by atoms with Crippen molar-refractivity contribution in [2.24, 2.45) is 7.05 Å². The van der Waals surface area contributed by atoms with Crippen molar-refractivity contribution < 1.29 is 4.79 Å². The average molecular weight is 441 g/mol. The fourth-order valence-electron chi connectivity index (χ4n) is 4.54. The van der Waals surface area contributed by atoms with Crippen molar-refractivity contribution in [1.82, 2.24) is 14.5 Å². The lowest BCUT2D eigenvalue weighted by Gasteiger charge is -2.13. The number of aryl methyl sites for hydroxylation is 4. The molecule has 5 heteroatoms. The lowest BCUT2D eigenvalue weighted by atomic mass is 9.97. The van der Waals surface area contributed by atoms with Crippen molar-refractivity contribution in [1.29, 1.82) is 0 Å². The molecule has 4 aromatic rings. The average Bonchev–Trinajstić information content (AvgIpc) is 3.14. The Hall–Kier alpha value is -3.47. The molecule has 0 bridgehead atoms. The summed E-state index contributed by atoms with van der Waals surface area (Å²) in [4.78, 5) is 22.4. The molecule has 0 aliphatic heterocycles. The second kappa shape index (κ2) is 8.14. The van der Waals surface area contributed by atoms with E-state index in [0.717, 1.165) is 45.0 Å². The van der Waals surface area contributed by atoms with Gasteiger partial charge in [0.25, 0.3) is 5.91 Å². The van der Waals surface area contributed by atoms with Crippen LogP contribution in [0.25, 0.3) is 22.4 Å². The maximum atomic E-state index is 12.9. The van der Waals surface area contributed by atoms with Gasteiger partial charge in [-0.2, -0.15) is 0 Å². The van der Waals surface area contributed by atoms with Crippen LogP contribution in [0.15, 0.2) is 24.3 Å². The summed E-state index contributed by atoms with van der Waals surface area (Å²) in [5.74, 6) is 0.729. The molecule has 0 aliphatic rings. The molecule has 5 nitrogen and oxygen atoms in total. The van der Waals surface area contributed by atoms with Crippen molar-refractivity contribution in [3.8, 4) is 11.4 Å². The normalized spacial score (nSPS) is 11.3. The number of hydrogen-bond donors (Lipinski definition) is 1. The fraction of sp³-hybridized carbons (Fsp3) is 0.321. The van der Waals surface area contributed by atoms with Crippen LogP contribution in [0.5, 0.6) is 0 Å². The van der Waals surface area contributed by atoms with Gasteiger partial charge in [-0.25, -0.2) is 9.97 Å². The maximum absolute atomic E-state index is 12.9. The minimum absolute atomic E-state index is 0.189. The number of pyridine rings is 1. The monoisotopic (exact) mass is 440 g/mol. The van der Waals surface area contributed by atoms with Crippen LogP contribution < -0.4 is 5.32 Å². The number of nitrogens with one attached hydrogen (secondary N) is 1. The number of carbonyl (C=O) groups is 1. The lowest BCUT2D eigenvalue weighted by Crippen LogP contribution is -2.17. The van der Waals surface area contributed by atoms with Gasteiger partial charge in [0.1, 0.15) is 11.5 Å². The Labute approximate surface area is 195 Å². The van der Waals surface area contributed by atoms with Crippen molar-refractivity contribution in [3.05, 3.63) is 74.6 Å². The van der Waals surface area contributed by atoms with Gasteiger partial charge in [-0.3, -0.25) is 4.79 Å². The first-order valence-corrected chi connectivity index (χ1v) is 11.3. The number of fused-ring (bicyclic) bond motifs is 1. The van der Waals surface area contributed by atoms with Gasteiger partial charge in [0.05, 0.1) is 11.0 Å². The number of aromatic nitrogens is 3. The van der Waals surface area contributed by atoms with E-state index in [-0.39, 0.29) is 5.91 Å². The predicted molar refractivity (Wildman–Crippen MR) is 136 cm³/mol. The van der Waals surface area contributed by atoms with Crippen molar-refractivity contribution in [3.63, 3.8) is 0 Å². The SMILES string of the molecule is Cc1nc(C(=O)Nc2ccc(-c3nc4c(C)c(C)c(C)c(C)c4n3C)cc2)c(C)c(C)c1C. The van der Waals surface area contributed by atoms with E-state index in [4.69, 9.17) is 4.98 Å². The van der Waals surface area contributed by atoms with Crippen molar-refractivity contribution >= 4 is 22.6 Å². The summed E-state index contributed by atoms with van der Waals surface area (Å²) in [6.45, 7) is 16.6. The molecule has 0 saturated heterocycles. The van der Waals surface area contributed by atoms with E-state index in [1.165, 1.54) is 27.8 Å². The molecule has 0 unspecified atom stereocenters. The van der Waals surface area contributed by atoms with Gasteiger partial charge >= 0.3 is 0 Å². The molecule has 1 amide bonds. The van der Waals surface area contributed by atoms with Crippen molar-refractivity contribution in [2.45, 2.75) is 55.4 Å². The summed E-state index contributed by atoms with van der Waals surface area (Å²) >= 11 is 0.